The van der Waals surface area contributed by atoms with Gasteiger partial charge in [-0.3, -0.25) is 0 Å². The Bertz CT molecular complexity index is 2980. The van der Waals surface area contributed by atoms with Gasteiger partial charge in [-0.25, -0.2) is 0 Å². The Morgan fingerprint density at radius 2 is 0.942 bits per heavy atom. The second kappa shape index (κ2) is 10.4. The van der Waals surface area contributed by atoms with E-state index in [0.29, 0.717) is 0 Å². The van der Waals surface area contributed by atoms with Crippen LogP contribution in [0.25, 0.3) is 77.2 Å². The number of fused-ring (bicyclic) bond motifs is 14. The Morgan fingerprint density at radius 1 is 0.327 bits per heavy atom. The van der Waals surface area contributed by atoms with Crippen LogP contribution in [0, 0.1) is 0 Å². The summed E-state index contributed by atoms with van der Waals surface area (Å²) in [6.07, 6.45) is 0. The molecule has 0 fully saturated rings. The predicted molar refractivity (Wildman–Crippen MR) is 218 cm³/mol. The van der Waals surface area contributed by atoms with Gasteiger partial charge in [0.2, 0.25) is 0 Å². The average Bonchev–Trinajstić information content (AvgIpc) is 3.68. The van der Waals surface area contributed by atoms with Gasteiger partial charge in [0.25, 0.3) is 0 Å². The molecule has 12 rings (SSSR count). The van der Waals surface area contributed by atoms with Gasteiger partial charge in [-0.05, 0) is 118 Å². The maximum absolute atomic E-state index is 2.49. The van der Waals surface area contributed by atoms with Crippen LogP contribution >= 0.6 is 11.8 Å². The molecule has 3 aliphatic rings. The van der Waals surface area contributed by atoms with Crippen molar-refractivity contribution in [2.45, 2.75) is 15.2 Å². The van der Waals surface area contributed by atoms with Crippen molar-refractivity contribution in [1.82, 2.24) is 0 Å². The van der Waals surface area contributed by atoms with Gasteiger partial charge in [0.15, 0.2) is 0 Å². The highest BCUT2D eigenvalue weighted by molar-refractivity contribution is 7.99. The summed E-state index contributed by atoms with van der Waals surface area (Å²) in [5, 5.41) is 5.28. The summed E-state index contributed by atoms with van der Waals surface area (Å²) >= 11 is 1.88. The average molecular weight is 675 g/mol. The molecule has 1 heterocycles. The minimum atomic E-state index is -0.375. The normalized spacial score (nSPS) is 15.7. The topological polar surface area (TPSA) is 0 Å². The molecule has 0 N–H and O–H groups in total. The quantitative estimate of drug-likeness (QED) is 0.176. The van der Waals surface area contributed by atoms with E-state index in [-0.39, 0.29) is 5.41 Å². The summed E-state index contributed by atoms with van der Waals surface area (Å²) in [6.45, 7) is 0. The van der Waals surface area contributed by atoms with Gasteiger partial charge < -0.3 is 0 Å². The molecule has 1 unspecified atom stereocenters. The Balaban J connectivity index is 1.00. The predicted octanol–water partition coefficient (Wildman–Crippen LogP) is 13.8. The van der Waals surface area contributed by atoms with Crippen molar-refractivity contribution in [3.8, 4) is 55.6 Å². The maximum Gasteiger partial charge on any atom is 0.0725 e. The molecule has 9 aromatic carbocycles. The lowest BCUT2D eigenvalue weighted by molar-refractivity contribution is 0.795. The van der Waals surface area contributed by atoms with Gasteiger partial charge in [-0.2, -0.15) is 0 Å². The SMILES string of the molecule is c1ccc2c(c1)-c1ccc(-c3ccc(-c4ccc5c(c4)-c4cccc6cccc(c46)S5)cc3)cc1C21c2ccccc2-c2c1ccc1ccccc21. The van der Waals surface area contributed by atoms with Crippen LogP contribution in [0.4, 0.5) is 0 Å². The lowest BCUT2D eigenvalue weighted by Crippen LogP contribution is -2.25. The standard InChI is InChI=1S/C51H30S/c1-2-12-37-33(9-1)24-27-45-50(37)41-14-4-6-17-44(41)51(45)43-16-5-3-13-38(43)39-26-23-36(30-46(39)51)32-21-19-31(20-22-32)35-25-28-47-42(29-35)40-15-7-10-34-11-8-18-48(52-47)49(34)40/h1-30H. The van der Waals surface area contributed by atoms with Crippen molar-refractivity contribution in [2.75, 3.05) is 0 Å². The molecule has 0 aromatic heterocycles. The molecule has 0 bridgehead atoms. The van der Waals surface area contributed by atoms with E-state index < -0.39 is 0 Å². The fourth-order valence-corrected chi connectivity index (χ4v) is 10.8. The summed E-state index contributed by atoms with van der Waals surface area (Å²) in [5.74, 6) is 0. The van der Waals surface area contributed by atoms with Crippen molar-refractivity contribution < 1.29 is 0 Å². The Labute approximate surface area is 307 Å². The first-order chi connectivity index (χ1) is 25.8. The first-order valence-corrected chi connectivity index (χ1v) is 18.9. The van der Waals surface area contributed by atoms with E-state index in [9.17, 15) is 0 Å². The van der Waals surface area contributed by atoms with Gasteiger partial charge >= 0.3 is 0 Å². The molecule has 1 atom stereocenters. The Kier molecular flexibility index (Phi) is 5.73. The summed E-state index contributed by atoms with van der Waals surface area (Å²) in [7, 11) is 0. The van der Waals surface area contributed by atoms with Gasteiger partial charge in [0.1, 0.15) is 0 Å². The highest BCUT2D eigenvalue weighted by atomic mass is 32.2. The number of hydrogen-bond acceptors (Lipinski definition) is 1. The van der Waals surface area contributed by atoms with Crippen LogP contribution in [-0.4, -0.2) is 0 Å². The largest absolute Gasteiger partial charge is 0.0888 e. The monoisotopic (exact) mass is 674 g/mol. The molecule has 52 heavy (non-hydrogen) atoms. The molecular formula is C51H30S. The minimum absolute atomic E-state index is 0.375. The van der Waals surface area contributed by atoms with Crippen molar-refractivity contribution in [1.29, 1.82) is 0 Å². The molecule has 1 spiro atoms. The number of rotatable bonds is 2. The molecule has 1 aliphatic heterocycles. The van der Waals surface area contributed by atoms with Crippen molar-refractivity contribution in [2.24, 2.45) is 0 Å². The van der Waals surface area contributed by atoms with Crippen molar-refractivity contribution >= 4 is 33.3 Å². The molecule has 2 aliphatic carbocycles. The van der Waals surface area contributed by atoms with Gasteiger partial charge in [-0.1, -0.05) is 169 Å². The van der Waals surface area contributed by atoms with Crippen LogP contribution in [0.5, 0.6) is 0 Å². The molecule has 240 valence electrons. The van der Waals surface area contributed by atoms with Crippen LogP contribution in [0.2, 0.25) is 0 Å². The summed E-state index contributed by atoms with van der Waals surface area (Å²) in [5.41, 5.74) is 18.1. The zero-order valence-corrected chi connectivity index (χ0v) is 29.0. The number of hydrogen-bond donors (Lipinski definition) is 0. The van der Waals surface area contributed by atoms with Gasteiger partial charge in [0, 0.05) is 15.2 Å². The summed E-state index contributed by atoms with van der Waals surface area (Å²) in [6, 6.07) is 68.5. The lowest BCUT2D eigenvalue weighted by atomic mass is 9.70. The molecule has 0 saturated carbocycles. The zero-order chi connectivity index (χ0) is 34.0. The third-order valence-corrected chi connectivity index (χ3v) is 13.0. The van der Waals surface area contributed by atoms with Gasteiger partial charge in [-0.15, -0.1) is 0 Å². The van der Waals surface area contributed by atoms with Crippen LogP contribution in [0.3, 0.4) is 0 Å². The minimum Gasteiger partial charge on any atom is -0.0888 e. The molecule has 0 radical (unpaired) electrons. The van der Waals surface area contributed by atoms with Crippen LogP contribution in [0.15, 0.2) is 192 Å². The Morgan fingerprint density at radius 3 is 1.79 bits per heavy atom. The summed E-state index contributed by atoms with van der Waals surface area (Å²) in [4.78, 5) is 2.66. The second-order valence-electron chi connectivity index (χ2n) is 14.4. The molecule has 0 nitrogen and oxygen atoms in total. The highest BCUT2D eigenvalue weighted by Gasteiger charge is 2.52. The van der Waals surface area contributed by atoms with Crippen molar-refractivity contribution in [3.63, 3.8) is 0 Å². The molecule has 0 saturated heterocycles. The van der Waals surface area contributed by atoms with E-state index in [1.165, 1.54) is 109 Å². The van der Waals surface area contributed by atoms with E-state index in [4.69, 9.17) is 0 Å². The summed E-state index contributed by atoms with van der Waals surface area (Å²) < 4.78 is 0. The van der Waals surface area contributed by atoms with E-state index in [1.807, 2.05) is 11.8 Å². The van der Waals surface area contributed by atoms with E-state index in [2.05, 4.69) is 182 Å². The number of benzene rings is 9. The smallest absolute Gasteiger partial charge is 0.0725 e. The van der Waals surface area contributed by atoms with Crippen LogP contribution < -0.4 is 0 Å². The van der Waals surface area contributed by atoms with E-state index in [0.717, 1.165) is 0 Å². The Hall–Kier alpha value is -6.15. The fourth-order valence-electron chi connectivity index (χ4n) is 9.69. The third kappa shape index (κ3) is 3.68. The molecule has 0 amide bonds. The first-order valence-electron chi connectivity index (χ1n) is 18.1. The maximum atomic E-state index is 2.49. The second-order valence-corrected chi connectivity index (χ2v) is 15.4. The third-order valence-electron chi connectivity index (χ3n) is 11.9. The lowest BCUT2D eigenvalue weighted by Gasteiger charge is -2.31. The van der Waals surface area contributed by atoms with E-state index in [1.54, 1.807) is 0 Å². The highest BCUT2D eigenvalue weighted by Crippen LogP contribution is 2.64. The zero-order valence-electron chi connectivity index (χ0n) is 28.2. The molecule has 1 heteroatoms. The van der Waals surface area contributed by atoms with Gasteiger partial charge in [0.05, 0.1) is 5.41 Å². The van der Waals surface area contributed by atoms with Crippen LogP contribution in [0.1, 0.15) is 22.3 Å². The van der Waals surface area contributed by atoms with Crippen LogP contribution in [-0.2, 0) is 5.41 Å². The fraction of sp³-hybridized carbons (Fsp3) is 0.0196. The van der Waals surface area contributed by atoms with Crippen molar-refractivity contribution in [3.05, 3.63) is 204 Å². The molecule has 9 aromatic rings. The van der Waals surface area contributed by atoms with E-state index >= 15 is 0 Å². The molecular weight excluding hydrogens is 645 g/mol. The first kappa shape index (κ1) is 28.5.